The highest BCUT2D eigenvalue weighted by atomic mass is 19.4. The van der Waals surface area contributed by atoms with Gasteiger partial charge in [0.1, 0.15) is 17.2 Å². The number of nitrogens with one attached hydrogen (secondary N) is 1. The van der Waals surface area contributed by atoms with Gasteiger partial charge in [0.05, 0.1) is 12.0 Å². The molecule has 0 radical (unpaired) electrons. The average molecular weight is 525 g/mol. The molecule has 2 aliphatic heterocycles. The molecule has 9 nitrogen and oxygen atoms in total. The van der Waals surface area contributed by atoms with Crippen molar-refractivity contribution >= 4 is 17.8 Å². The van der Waals surface area contributed by atoms with Gasteiger partial charge in [0.2, 0.25) is 5.91 Å². The lowest BCUT2D eigenvalue weighted by molar-refractivity contribution is -0.921. The molecule has 13 heteroatoms. The van der Waals surface area contributed by atoms with E-state index in [0.29, 0.717) is 17.0 Å². The molecule has 1 aromatic heterocycles. The molecule has 0 spiro atoms. The number of aromatic amines is 1. The first-order chi connectivity index (χ1) is 17.4. The van der Waals surface area contributed by atoms with Gasteiger partial charge in [-0.2, -0.15) is 18.0 Å². The Morgan fingerprint density at radius 2 is 1.89 bits per heavy atom. The van der Waals surface area contributed by atoms with Crippen molar-refractivity contribution in [2.24, 2.45) is 0 Å². The van der Waals surface area contributed by atoms with E-state index < -0.39 is 29.4 Å². The maximum Gasteiger partial charge on any atom is 0.498 e. The zero-order valence-electron chi connectivity index (χ0n) is 20.2. The number of nitrogens with zero attached hydrogens (tertiary/aromatic N) is 3. The number of carbonyl (C=O) groups is 3. The number of amides is 2. The van der Waals surface area contributed by atoms with Gasteiger partial charge < -0.3 is 9.80 Å². The van der Waals surface area contributed by atoms with Gasteiger partial charge in [-0.3, -0.25) is 14.4 Å². The van der Waals surface area contributed by atoms with Crippen molar-refractivity contribution in [1.82, 2.24) is 14.9 Å². The van der Waals surface area contributed by atoms with Crippen LogP contribution in [0.25, 0.3) is 0 Å². The van der Waals surface area contributed by atoms with Gasteiger partial charge in [0, 0.05) is 30.3 Å². The van der Waals surface area contributed by atoms with Gasteiger partial charge in [0.15, 0.2) is 0 Å². The number of aromatic nitrogens is 2. The van der Waals surface area contributed by atoms with Crippen molar-refractivity contribution in [1.29, 1.82) is 0 Å². The van der Waals surface area contributed by atoms with Crippen LogP contribution in [0, 0.1) is 19.7 Å². The summed E-state index contributed by atoms with van der Waals surface area (Å²) in [4.78, 5) is 57.0. The molecule has 0 saturated carbocycles. The molecule has 2 fully saturated rings. The van der Waals surface area contributed by atoms with E-state index in [0.717, 1.165) is 25.3 Å². The quantitative estimate of drug-likeness (QED) is 0.480. The number of fused-ring (bicyclic) bond motifs is 1. The molecule has 0 aliphatic carbocycles. The fourth-order valence-electron chi connectivity index (χ4n) is 4.66. The van der Waals surface area contributed by atoms with E-state index in [1.807, 2.05) is 0 Å². The molecule has 2 aliphatic rings. The van der Waals surface area contributed by atoms with E-state index in [1.165, 1.54) is 30.9 Å². The molecule has 4 rings (SSSR count). The second-order valence-corrected chi connectivity index (χ2v) is 9.22. The number of hydrogen-bond donors (Lipinski definition) is 1. The lowest BCUT2D eigenvalue weighted by Crippen LogP contribution is -2.59. The summed E-state index contributed by atoms with van der Waals surface area (Å²) in [5.74, 6) is -4.24. The minimum Gasteiger partial charge on any atom is -0.336 e. The number of halogens is 4. The topological polar surface area (TPSA) is 104 Å². The lowest BCUT2D eigenvalue weighted by atomic mass is 9.98. The van der Waals surface area contributed by atoms with E-state index in [-0.39, 0.29) is 53.8 Å². The summed E-state index contributed by atoms with van der Waals surface area (Å²) in [7, 11) is 0. The van der Waals surface area contributed by atoms with Crippen molar-refractivity contribution in [3.05, 3.63) is 62.3 Å². The Balaban J connectivity index is 1.63. The first-order valence-electron chi connectivity index (χ1n) is 11.7. The van der Waals surface area contributed by atoms with Crippen LogP contribution in [0.2, 0.25) is 0 Å². The normalized spacial score (nSPS) is 18.0. The van der Waals surface area contributed by atoms with E-state index >= 15 is 0 Å². The Kier molecular flexibility index (Phi) is 7.07. The van der Waals surface area contributed by atoms with Crippen LogP contribution in [0.4, 0.5) is 17.6 Å². The van der Waals surface area contributed by atoms with Crippen molar-refractivity contribution < 1.29 is 41.6 Å². The maximum atomic E-state index is 14.7. The molecular weight excluding hydrogens is 500 g/mol. The number of benzene rings is 1. The molecule has 3 heterocycles. The summed E-state index contributed by atoms with van der Waals surface area (Å²) >= 11 is 0. The summed E-state index contributed by atoms with van der Waals surface area (Å²) in [6.07, 6.45) is -2.94. The van der Waals surface area contributed by atoms with Crippen molar-refractivity contribution in [2.45, 2.75) is 51.7 Å². The van der Waals surface area contributed by atoms with Crippen LogP contribution in [0.15, 0.2) is 23.0 Å². The number of rotatable bonds is 4. The highest BCUT2D eigenvalue weighted by molar-refractivity contribution is 5.97. The Bertz CT molecular complexity index is 1320. The van der Waals surface area contributed by atoms with E-state index in [2.05, 4.69) is 9.94 Å². The van der Waals surface area contributed by atoms with E-state index in [9.17, 15) is 36.7 Å². The molecule has 198 valence electrons. The smallest absolute Gasteiger partial charge is 0.336 e. The number of piperidine rings is 1. The van der Waals surface area contributed by atoms with E-state index in [1.54, 1.807) is 4.90 Å². The number of alkyl halides is 3. The molecule has 2 amide bonds. The van der Waals surface area contributed by atoms with Gasteiger partial charge in [-0.15, -0.1) is 0 Å². The van der Waals surface area contributed by atoms with Crippen LogP contribution in [-0.2, 0) is 16.0 Å². The van der Waals surface area contributed by atoms with Gasteiger partial charge in [-0.05, 0) is 50.8 Å². The molecule has 1 N–H and O–H groups in total. The first-order valence-corrected chi connectivity index (χ1v) is 11.7. The van der Waals surface area contributed by atoms with E-state index in [4.69, 9.17) is 0 Å². The molecule has 1 unspecified atom stereocenters. The third-order valence-electron chi connectivity index (χ3n) is 6.81. The minimum absolute atomic E-state index is 0.00861. The highest BCUT2D eigenvalue weighted by Gasteiger charge is 2.46. The summed E-state index contributed by atoms with van der Waals surface area (Å²) in [5.41, 5.74) is -0.346. The maximum absolute atomic E-state index is 14.7. The zero-order valence-corrected chi connectivity index (χ0v) is 20.2. The monoisotopic (exact) mass is 525 g/mol. The van der Waals surface area contributed by atoms with Gasteiger partial charge in [0.25, 0.3) is 11.6 Å². The number of hydrogen-bond acceptors (Lipinski definition) is 5. The predicted octanol–water partition coefficient (Wildman–Crippen LogP) is 1.36. The predicted molar refractivity (Wildman–Crippen MR) is 119 cm³/mol. The van der Waals surface area contributed by atoms with Crippen LogP contribution in [-0.4, -0.2) is 64.5 Å². The number of piperazine rings is 1. The fourth-order valence-corrected chi connectivity index (χ4v) is 4.66. The second kappa shape index (κ2) is 9.94. The van der Waals surface area contributed by atoms with Crippen LogP contribution >= 0.6 is 0 Å². The largest absolute Gasteiger partial charge is 0.498 e. The third-order valence-corrected chi connectivity index (χ3v) is 6.81. The van der Waals surface area contributed by atoms with Crippen LogP contribution in [0.3, 0.4) is 0 Å². The standard InChI is InChI=1S/C24H24F4N4O5/c1-13-14(2)21(34)29-32(37-23(36)24(26,27)28)19(13)10-15-6-7-18(25)17(9-15)22(35)30-11-16-5-3-4-8-31(16)20(33)12-30/h6-7,9,16H,3-5,8,10-12H2,1-2H3/p+1. The molecule has 1 atom stereocenters. The van der Waals surface area contributed by atoms with Crippen LogP contribution < -0.4 is 15.2 Å². The Labute approximate surface area is 208 Å². The molecule has 1 aromatic carbocycles. The summed E-state index contributed by atoms with van der Waals surface area (Å²) in [5, 5.41) is 2.07. The van der Waals surface area contributed by atoms with Gasteiger partial charge in [-0.25, -0.2) is 9.18 Å². The Morgan fingerprint density at radius 3 is 2.59 bits per heavy atom. The highest BCUT2D eigenvalue weighted by Crippen LogP contribution is 2.24. The second-order valence-electron chi connectivity index (χ2n) is 9.22. The van der Waals surface area contributed by atoms with Gasteiger partial charge >= 0.3 is 17.7 Å². The average Bonchev–Trinajstić information content (AvgIpc) is 2.85. The van der Waals surface area contributed by atoms with Crippen molar-refractivity contribution in [2.75, 3.05) is 19.6 Å². The summed E-state index contributed by atoms with van der Waals surface area (Å²) in [6.45, 7) is 3.63. The molecular formula is C24H25F4N4O5+. The minimum atomic E-state index is -5.31. The lowest BCUT2D eigenvalue weighted by Gasteiger charge is -2.43. The SMILES string of the molecule is Cc1c(C)c(=O)[nH][n+](OC(=O)C(F)(F)F)c1Cc1ccc(F)c(C(=O)N2CC(=O)N3CCCCC3C2)c1. The van der Waals surface area contributed by atoms with Crippen LogP contribution in [0.1, 0.15) is 52.0 Å². The molecule has 2 aromatic rings. The number of H-pyrrole nitrogens is 1. The summed E-state index contributed by atoms with van der Waals surface area (Å²) < 4.78 is 53.1. The third kappa shape index (κ3) is 5.35. The van der Waals surface area contributed by atoms with Gasteiger partial charge in [-0.1, -0.05) is 11.2 Å². The first kappa shape index (κ1) is 26.3. The zero-order chi connectivity index (χ0) is 27.1. The van der Waals surface area contributed by atoms with Crippen molar-refractivity contribution in [3.8, 4) is 0 Å². The molecule has 37 heavy (non-hydrogen) atoms. The van der Waals surface area contributed by atoms with Crippen molar-refractivity contribution in [3.63, 3.8) is 0 Å². The Morgan fingerprint density at radius 1 is 1.16 bits per heavy atom. The molecule has 0 bridgehead atoms. The molecule has 2 saturated heterocycles. The Hall–Kier alpha value is -3.77. The summed E-state index contributed by atoms with van der Waals surface area (Å²) in [6, 6.07) is 3.48. The van der Waals surface area contributed by atoms with Crippen LogP contribution in [0.5, 0.6) is 0 Å². The fraction of sp³-hybridized carbons (Fsp3) is 0.458. The number of carbonyl (C=O) groups excluding carboxylic acids is 3.